The standard InChI is InChI=1S/C15H22O9S.Ca.2H/c1-9(2)13(16)23-7-12(8-24-14(17)10(3)4)15(18)22-6-11(5)25(19,20)21;;;/h11-12H,1,3,6-8H2,2,4-5H3,(H,19,20,21);;;/q;+2;2*-1. The zero-order chi connectivity index (χ0) is 19.8. The fraction of sp³-hybridized carbons (Fsp3) is 0.533. The molecule has 0 saturated carbocycles. The molecule has 0 aliphatic heterocycles. The molecule has 0 aliphatic carbocycles. The molecule has 0 aromatic heterocycles. The summed E-state index contributed by atoms with van der Waals surface area (Å²) in [5.74, 6) is -3.65. The number of hydrogen-bond acceptors (Lipinski definition) is 8. The first-order valence-electron chi connectivity index (χ1n) is 7.14. The second kappa shape index (κ2) is 12.4. The van der Waals surface area contributed by atoms with Gasteiger partial charge in [0, 0.05) is 11.1 Å². The van der Waals surface area contributed by atoms with E-state index < -0.39 is 59.0 Å². The topological polar surface area (TPSA) is 133 Å². The number of carbonyl (C=O) groups excluding carboxylic acids is 3. The van der Waals surface area contributed by atoms with Crippen LogP contribution in [0.4, 0.5) is 0 Å². The van der Waals surface area contributed by atoms with Gasteiger partial charge in [-0.2, -0.15) is 8.42 Å². The van der Waals surface area contributed by atoms with Gasteiger partial charge >= 0.3 is 55.6 Å². The van der Waals surface area contributed by atoms with Gasteiger partial charge in [0.1, 0.15) is 31.0 Å². The Labute approximate surface area is 185 Å². The first kappa shape index (κ1) is 27.3. The van der Waals surface area contributed by atoms with Gasteiger partial charge in [0.25, 0.3) is 10.1 Å². The molecule has 0 heterocycles. The van der Waals surface area contributed by atoms with E-state index in [0.29, 0.717) is 0 Å². The van der Waals surface area contributed by atoms with Gasteiger partial charge in [-0.15, -0.1) is 0 Å². The number of esters is 3. The van der Waals surface area contributed by atoms with Crippen LogP contribution in [0.1, 0.15) is 23.6 Å². The second-order valence-electron chi connectivity index (χ2n) is 5.41. The van der Waals surface area contributed by atoms with E-state index in [4.69, 9.17) is 18.8 Å². The number of carbonyl (C=O) groups is 3. The van der Waals surface area contributed by atoms with E-state index in [2.05, 4.69) is 13.2 Å². The van der Waals surface area contributed by atoms with Gasteiger partial charge < -0.3 is 17.1 Å². The summed E-state index contributed by atoms with van der Waals surface area (Å²) in [6, 6.07) is 0. The van der Waals surface area contributed by atoms with Gasteiger partial charge in [-0.05, 0) is 20.8 Å². The van der Waals surface area contributed by atoms with Crippen molar-refractivity contribution in [3.05, 3.63) is 24.3 Å². The van der Waals surface area contributed by atoms with Crippen molar-refractivity contribution in [1.82, 2.24) is 0 Å². The summed E-state index contributed by atoms with van der Waals surface area (Å²) in [5, 5.41) is -1.34. The Hall–Kier alpha value is -0.940. The van der Waals surface area contributed by atoms with Crippen molar-refractivity contribution in [1.29, 1.82) is 0 Å². The van der Waals surface area contributed by atoms with Crippen LogP contribution >= 0.6 is 0 Å². The molecule has 0 aromatic carbocycles. The van der Waals surface area contributed by atoms with E-state index in [-0.39, 0.29) is 51.7 Å². The summed E-state index contributed by atoms with van der Waals surface area (Å²) in [6.07, 6.45) is 0. The maximum atomic E-state index is 12.0. The summed E-state index contributed by atoms with van der Waals surface area (Å²) < 4.78 is 45.1. The summed E-state index contributed by atoms with van der Waals surface area (Å²) in [6.45, 7) is 9.17. The van der Waals surface area contributed by atoms with Crippen LogP contribution in [0.3, 0.4) is 0 Å². The fourth-order valence-electron chi connectivity index (χ4n) is 1.19. The molecular weight excluding hydrogens is 396 g/mol. The minimum Gasteiger partial charge on any atom is -1.00 e. The summed E-state index contributed by atoms with van der Waals surface area (Å²) in [7, 11) is -4.37. The van der Waals surface area contributed by atoms with Gasteiger partial charge in [-0.3, -0.25) is 9.35 Å². The summed E-state index contributed by atoms with van der Waals surface area (Å²) in [4.78, 5) is 34.8. The molecule has 0 amide bonds. The molecule has 0 fully saturated rings. The first-order chi connectivity index (χ1) is 11.4. The quantitative estimate of drug-likeness (QED) is 0.176. The van der Waals surface area contributed by atoms with Crippen LogP contribution in [-0.2, 0) is 38.7 Å². The largest absolute Gasteiger partial charge is 2.00 e. The molecule has 0 spiro atoms. The average Bonchev–Trinajstić information content (AvgIpc) is 2.50. The Kier molecular flexibility index (Phi) is 13.1. The van der Waals surface area contributed by atoms with Gasteiger partial charge in [0.05, 0.1) is 0 Å². The first-order valence-corrected chi connectivity index (χ1v) is 8.64. The van der Waals surface area contributed by atoms with Gasteiger partial charge in [-0.25, -0.2) is 9.59 Å². The molecule has 11 heteroatoms. The van der Waals surface area contributed by atoms with E-state index in [1.807, 2.05) is 0 Å². The smallest absolute Gasteiger partial charge is 1.00 e. The third kappa shape index (κ3) is 10.9. The van der Waals surface area contributed by atoms with Crippen molar-refractivity contribution in [2.45, 2.75) is 26.0 Å². The van der Waals surface area contributed by atoms with E-state index in [1.54, 1.807) is 0 Å². The van der Waals surface area contributed by atoms with E-state index in [9.17, 15) is 22.8 Å². The predicted molar refractivity (Wildman–Crippen MR) is 95.0 cm³/mol. The van der Waals surface area contributed by atoms with Crippen molar-refractivity contribution in [3.63, 3.8) is 0 Å². The van der Waals surface area contributed by atoms with Crippen LogP contribution < -0.4 is 0 Å². The summed E-state index contributed by atoms with van der Waals surface area (Å²) >= 11 is 0. The molecule has 1 atom stereocenters. The molecule has 26 heavy (non-hydrogen) atoms. The molecule has 0 rings (SSSR count). The zero-order valence-electron chi connectivity index (χ0n) is 17.0. The van der Waals surface area contributed by atoms with E-state index >= 15 is 0 Å². The Morgan fingerprint density at radius 3 is 1.65 bits per heavy atom. The van der Waals surface area contributed by atoms with Crippen molar-refractivity contribution in [3.8, 4) is 0 Å². The van der Waals surface area contributed by atoms with Crippen LogP contribution in [-0.4, -0.2) is 93.7 Å². The van der Waals surface area contributed by atoms with Crippen LogP contribution in [0.5, 0.6) is 0 Å². The van der Waals surface area contributed by atoms with Crippen molar-refractivity contribution < 1.29 is 44.4 Å². The Morgan fingerprint density at radius 2 is 1.35 bits per heavy atom. The number of rotatable bonds is 10. The van der Waals surface area contributed by atoms with Crippen LogP contribution in [0, 0.1) is 5.92 Å². The molecular formula is C15H24CaO9S. The van der Waals surface area contributed by atoms with Crippen molar-refractivity contribution >= 4 is 65.8 Å². The SMILES string of the molecule is C=C(C)C(=O)OCC(COC(=O)C(=C)C)C(=O)OCC(C)S(=O)(=O)O.[Ca+2].[H-].[H-]. The van der Waals surface area contributed by atoms with Gasteiger partial charge in [-0.1, -0.05) is 13.2 Å². The Bertz CT molecular complexity index is 634. The maximum absolute atomic E-state index is 12.0. The molecule has 0 bridgehead atoms. The van der Waals surface area contributed by atoms with Crippen LogP contribution in [0.15, 0.2) is 24.3 Å². The summed E-state index contributed by atoms with van der Waals surface area (Å²) in [5.41, 5.74) is 0.206. The van der Waals surface area contributed by atoms with E-state index in [1.165, 1.54) is 13.8 Å². The average molecular weight is 420 g/mol. The van der Waals surface area contributed by atoms with Crippen LogP contribution in [0.2, 0.25) is 0 Å². The molecule has 9 nitrogen and oxygen atoms in total. The minimum absolute atomic E-state index is 0. The van der Waals surface area contributed by atoms with E-state index in [0.717, 1.165) is 6.92 Å². The Morgan fingerprint density at radius 1 is 0.962 bits per heavy atom. The van der Waals surface area contributed by atoms with Crippen LogP contribution in [0.25, 0.3) is 0 Å². The second-order valence-corrected chi connectivity index (χ2v) is 7.24. The monoisotopic (exact) mass is 420 g/mol. The third-order valence-corrected chi connectivity index (χ3v) is 3.98. The predicted octanol–water partition coefficient (Wildman–Crippen LogP) is 0.505. The number of ether oxygens (including phenoxy) is 3. The number of hydrogen-bond donors (Lipinski definition) is 1. The maximum Gasteiger partial charge on any atom is 2.00 e. The molecule has 146 valence electrons. The molecule has 1 unspecified atom stereocenters. The van der Waals surface area contributed by atoms with Crippen molar-refractivity contribution in [2.24, 2.45) is 5.92 Å². The van der Waals surface area contributed by atoms with Crippen molar-refractivity contribution in [2.75, 3.05) is 19.8 Å². The normalized spacial score (nSPS) is 11.7. The molecule has 0 radical (unpaired) electrons. The third-order valence-electron chi connectivity index (χ3n) is 2.83. The zero-order valence-corrected chi connectivity index (χ0v) is 18.0. The molecule has 0 saturated heterocycles. The van der Waals surface area contributed by atoms with Gasteiger partial charge in [0.2, 0.25) is 0 Å². The minimum atomic E-state index is -4.37. The Balaban J connectivity index is -0.000000960. The molecule has 1 N–H and O–H groups in total. The fourth-order valence-corrected chi connectivity index (χ4v) is 1.43. The molecule has 0 aliphatic rings. The van der Waals surface area contributed by atoms with Gasteiger partial charge in [0.15, 0.2) is 0 Å². The molecule has 0 aromatic rings.